The van der Waals surface area contributed by atoms with Crippen LogP contribution in [0.5, 0.6) is 5.75 Å². The summed E-state index contributed by atoms with van der Waals surface area (Å²) >= 11 is 0. The molecule has 13 heavy (non-hydrogen) atoms. The van der Waals surface area contributed by atoms with E-state index in [1.54, 1.807) is 0 Å². The summed E-state index contributed by atoms with van der Waals surface area (Å²) in [4.78, 5) is 0. The van der Waals surface area contributed by atoms with Crippen molar-refractivity contribution < 1.29 is 9.84 Å². The monoisotopic (exact) mass is 180 g/mol. The van der Waals surface area contributed by atoms with E-state index in [0.29, 0.717) is 0 Å². The van der Waals surface area contributed by atoms with Crippen molar-refractivity contribution in [1.29, 1.82) is 0 Å². The van der Waals surface area contributed by atoms with Gasteiger partial charge in [-0.25, -0.2) is 0 Å². The third kappa shape index (κ3) is 2.74. The van der Waals surface area contributed by atoms with Gasteiger partial charge < -0.3 is 9.84 Å². The zero-order valence-corrected chi connectivity index (χ0v) is 8.37. The van der Waals surface area contributed by atoms with Crippen molar-refractivity contribution in [3.05, 3.63) is 29.3 Å². The number of ether oxygens (including phenoxy) is 1. The van der Waals surface area contributed by atoms with Crippen molar-refractivity contribution in [2.75, 3.05) is 0 Å². The summed E-state index contributed by atoms with van der Waals surface area (Å²) in [6, 6.07) is 5.82. The number of hydrogen-bond acceptors (Lipinski definition) is 2. The van der Waals surface area contributed by atoms with E-state index in [0.717, 1.165) is 16.9 Å². The molecule has 0 saturated carbocycles. The number of benzene rings is 1. The minimum atomic E-state index is 0.0301. The second-order valence-electron chi connectivity index (χ2n) is 3.44. The standard InChI is InChI=1S/C11H16O2/c1-8(2)13-11-6-9(3)4-5-10(11)7-12/h4-6,8,12H,7H2,1-3H3. The van der Waals surface area contributed by atoms with E-state index in [4.69, 9.17) is 9.84 Å². The second kappa shape index (κ2) is 4.28. The van der Waals surface area contributed by atoms with Gasteiger partial charge in [0.1, 0.15) is 5.75 Å². The van der Waals surface area contributed by atoms with Gasteiger partial charge in [-0.2, -0.15) is 0 Å². The first-order valence-corrected chi connectivity index (χ1v) is 4.50. The van der Waals surface area contributed by atoms with Crippen LogP contribution in [0.2, 0.25) is 0 Å². The molecule has 0 fully saturated rings. The van der Waals surface area contributed by atoms with Gasteiger partial charge in [0.2, 0.25) is 0 Å². The molecule has 2 nitrogen and oxygen atoms in total. The first kappa shape index (κ1) is 10.1. The van der Waals surface area contributed by atoms with E-state index >= 15 is 0 Å². The Labute approximate surface area is 79.2 Å². The average molecular weight is 180 g/mol. The lowest BCUT2D eigenvalue weighted by molar-refractivity contribution is 0.225. The molecular formula is C11H16O2. The molecule has 1 rings (SSSR count). The van der Waals surface area contributed by atoms with Gasteiger partial charge in [0.15, 0.2) is 0 Å². The highest BCUT2D eigenvalue weighted by Gasteiger charge is 2.04. The highest BCUT2D eigenvalue weighted by molar-refractivity contribution is 5.36. The van der Waals surface area contributed by atoms with Gasteiger partial charge in [-0.15, -0.1) is 0 Å². The summed E-state index contributed by atoms with van der Waals surface area (Å²) in [7, 11) is 0. The maximum atomic E-state index is 9.04. The third-order valence-corrected chi connectivity index (χ3v) is 1.76. The second-order valence-corrected chi connectivity index (χ2v) is 3.44. The summed E-state index contributed by atoms with van der Waals surface area (Å²) in [5.41, 5.74) is 1.99. The molecule has 1 aromatic rings. The molecule has 0 radical (unpaired) electrons. The van der Waals surface area contributed by atoms with Crippen LogP contribution in [0.3, 0.4) is 0 Å². The fraction of sp³-hybridized carbons (Fsp3) is 0.455. The van der Waals surface area contributed by atoms with Gasteiger partial charge in [-0.3, -0.25) is 0 Å². The first-order valence-electron chi connectivity index (χ1n) is 4.50. The van der Waals surface area contributed by atoms with Crippen LogP contribution in [-0.2, 0) is 6.61 Å². The van der Waals surface area contributed by atoms with Gasteiger partial charge in [0.25, 0.3) is 0 Å². The smallest absolute Gasteiger partial charge is 0.125 e. The van der Waals surface area contributed by atoms with E-state index in [1.807, 2.05) is 39.0 Å². The lowest BCUT2D eigenvalue weighted by Gasteiger charge is -2.13. The van der Waals surface area contributed by atoms with Crippen molar-refractivity contribution in [1.82, 2.24) is 0 Å². The van der Waals surface area contributed by atoms with Gasteiger partial charge in [0.05, 0.1) is 12.7 Å². The molecule has 1 N–H and O–H groups in total. The molecule has 0 atom stereocenters. The van der Waals surface area contributed by atoms with Crippen molar-refractivity contribution in [2.45, 2.75) is 33.5 Å². The summed E-state index contributed by atoms with van der Waals surface area (Å²) in [6.07, 6.45) is 0.145. The minimum absolute atomic E-state index is 0.0301. The number of aliphatic hydroxyl groups excluding tert-OH is 1. The normalized spacial score (nSPS) is 10.5. The molecule has 0 spiro atoms. The van der Waals surface area contributed by atoms with Crippen molar-refractivity contribution in [3.63, 3.8) is 0 Å². The van der Waals surface area contributed by atoms with Crippen LogP contribution in [0.4, 0.5) is 0 Å². The van der Waals surface area contributed by atoms with Gasteiger partial charge in [-0.05, 0) is 32.4 Å². The van der Waals surface area contributed by atoms with Crippen molar-refractivity contribution in [2.24, 2.45) is 0 Å². The van der Waals surface area contributed by atoms with Crippen LogP contribution < -0.4 is 4.74 Å². The van der Waals surface area contributed by atoms with Crippen LogP contribution in [0, 0.1) is 6.92 Å². The summed E-state index contributed by atoms with van der Waals surface area (Å²) in [5, 5.41) is 9.04. The van der Waals surface area contributed by atoms with Crippen molar-refractivity contribution in [3.8, 4) is 5.75 Å². The Bertz CT molecular complexity index is 279. The van der Waals surface area contributed by atoms with Crippen LogP contribution in [0.1, 0.15) is 25.0 Å². The molecule has 0 aliphatic carbocycles. The van der Waals surface area contributed by atoms with Gasteiger partial charge >= 0.3 is 0 Å². The molecule has 0 aromatic heterocycles. The number of hydrogen-bond donors (Lipinski definition) is 1. The molecule has 1 aromatic carbocycles. The molecule has 0 aliphatic rings. The SMILES string of the molecule is Cc1ccc(CO)c(OC(C)C)c1. The van der Waals surface area contributed by atoms with E-state index < -0.39 is 0 Å². The molecule has 0 aliphatic heterocycles. The Morgan fingerprint density at radius 2 is 2.08 bits per heavy atom. The van der Waals surface area contributed by atoms with Crippen LogP contribution in [0.25, 0.3) is 0 Å². The molecular weight excluding hydrogens is 164 g/mol. The molecule has 72 valence electrons. The highest BCUT2D eigenvalue weighted by atomic mass is 16.5. The Morgan fingerprint density at radius 1 is 1.38 bits per heavy atom. The summed E-state index contributed by atoms with van der Waals surface area (Å²) in [5.74, 6) is 0.789. The maximum absolute atomic E-state index is 9.04. The van der Waals surface area contributed by atoms with E-state index in [2.05, 4.69) is 0 Å². The van der Waals surface area contributed by atoms with Crippen molar-refractivity contribution >= 4 is 0 Å². The number of aryl methyl sites for hydroxylation is 1. The predicted molar refractivity (Wildman–Crippen MR) is 52.9 cm³/mol. The lowest BCUT2D eigenvalue weighted by atomic mass is 10.1. The lowest BCUT2D eigenvalue weighted by Crippen LogP contribution is -2.07. The van der Waals surface area contributed by atoms with E-state index in [1.165, 1.54) is 0 Å². The molecule has 0 bridgehead atoms. The Balaban J connectivity index is 2.94. The van der Waals surface area contributed by atoms with E-state index in [-0.39, 0.29) is 12.7 Å². The zero-order chi connectivity index (χ0) is 9.84. The molecule has 0 saturated heterocycles. The zero-order valence-electron chi connectivity index (χ0n) is 8.37. The molecule has 0 heterocycles. The average Bonchev–Trinajstić information content (AvgIpc) is 2.03. The largest absolute Gasteiger partial charge is 0.491 e. The Hall–Kier alpha value is -1.02. The topological polar surface area (TPSA) is 29.5 Å². The maximum Gasteiger partial charge on any atom is 0.125 e. The molecule has 0 unspecified atom stereocenters. The number of rotatable bonds is 3. The Kier molecular flexibility index (Phi) is 3.32. The molecule has 0 amide bonds. The summed E-state index contributed by atoms with van der Waals surface area (Å²) < 4.78 is 5.56. The van der Waals surface area contributed by atoms with Gasteiger partial charge in [0, 0.05) is 5.56 Å². The van der Waals surface area contributed by atoms with Crippen LogP contribution in [-0.4, -0.2) is 11.2 Å². The highest BCUT2D eigenvalue weighted by Crippen LogP contribution is 2.21. The van der Waals surface area contributed by atoms with Crippen LogP contribution in [0.15, 0.2) is 18.2 Å². The first-order chi connectivity index (χ1) is 6.13. The fourth-order valence-electron chi connectivity index (χ4n) is 1.16. The fourth-order valence-corrected chi connectivity index (χ4v) is 1.16. The quantitative estimate of drug-likeness (QED) is 0.773. The molecule has 2 heteroatoms. The predicted octanol–water partition coefficient (Wildman–Crippen LogP) is 2.27. The van der Waals surface area contributed by atoms with E-state index in [9.17, 15) is 0 Å². The van der Waals surface area contributed by atoms with Crippen LogP contribution >= 0.6 is 0 Å². The number of aliphatic hydroxyl groups is 1. The summed E-state index contributed by atoms with van der Waals surface area (Å²) in [6.45, 7) is 5.99. The minimum Gasteiger partial charge on any atom is -0.491 e. The third-order valence-electron chi connectivity index (χ3n) is 1.76. The van der Waals surface area contributed by atoms with Gasteiger partial charge in [-0.1, -0.05) is 12.1 Å². The Morgan fingerprint density at radius 3 is 2.62 bits per heavy atom.